The number of aromatic nitrogens is 5. The van der Waals surface area contributed by atoms with Gasteiger partial charge in [-0.2, -0.15) is 9.61 Å². The Kier molecular flexibility index (Phi) is 4.67. The Hall–Kier alpha value is -2.35. The van der Waals surface area contributed by atoms with E-state index in [1.807, 2.05) is 30.7 Å². The Morgan fingerprint density at radius 2 is 1.56 bits per heavy atom. The minimum Gasteiger partial charge on any atom is -0.353 e. The highest BCUT2D eigenvalue weighted by molar-refractivity contribution is 7.98. The highest BCUT2D eigenvalue weighted by Gasteiger charge is 2.23. The van der Waals surface area contributed by atoms with Crippen molar-refractivity contribution in [1.29, 1.82) is 0 Å². The SMILES string of the molecule is CSc1nc(C)c(C)c(N2CCN(c3cc(C)nc4cc(C)nn34)CC2)n1. The lowest BCUT2D eigenvalue weighted by molar-refractivity contribution is 0.627. The number of thioether (sulfide) groups is 1. The first-order valence-corrected chi connectivity index (χ1v) is 10.4. The fourth-order valence-corrected chi connectivity index (χ4v) is 3.96. The van der Waals surface area contributed by atoms with Crippen molar-refractivity contribution in [3.63, 3.8) is 0 Å². The standard InChI is InChI=1S/C19H25N7S/c1-12-11-17(26-16(20-12)10-13(2)23-26)24-6-8-25(9-7-24)18-14(3)15(4)21-19(22-18)27-5/h10-11H,6-9H2,1-5H3. The van der Waals surface area contributed by atoms with Crippen LogP contribution in [0, 0.1) is 27.7 Å². The molecule has 0 amide bonds. The van der Waals surface area contributed by atoms with Gasteiger partial charge in [-0.15, -0.1) is 0 Å². The maximum atomic E-state index is 4.77. The molecule has 142 valence electrons. The van der Waals surface area contributed by atoms with Gasteiger partial charge in [-0.25, -0.2) is 15.0 Å². The van der Waals surface area contributed by atoms with Gasteiger partial charge in [0.05, 0.1) is 5.69 Å². The van der Waals surface area contributed by atoms with E-state index in [0.29, 0.717) is 0 Å². The highest BCUT2D eigenvalue weighted by Crippen LogP contribution is 2.26. The minimum absolute atomic E-state index is 0.842. The maximum Gasteiger partial charge on any atom is 0.189 e. The Bertz CT molecular complexity index is 989. The third-order valence-electron chi connectivity index (χ3n) is 5.09. The summed E-state index contributed by atoms with van der Waals surface area (Å²) in [6, 6.07) is 4.16. The first kappa shape index (κ1) is 18.0. The van der Waals surface area contributed by atoms with Crippen molar-refractivity contribution in [1.82, 2.24) is 24.6 Å². The van der Waals surface area contributed by atoms with Crippen molar-refractivity contribution >= 4 is 29.0 Å². The number of piperazine rings is 1. The van der Waals surface area contributed by atoms with Gasteiger partial charge in [0.2, 0.25) is 0 Å². The second-order valence-electron chi connectivity index (χ2n) is 7.03. The number of fused-ring (bicyclic) bond motifs is 1. The zero-order valence-electron chi connectivity index (χ0n) is 16.5. The fraction of sp³-hybridized carbons (Fsp3) is 0.474. The van der Waals surface area contributed by atoms with E-state index in [1.165, 1.54) is 5.56 Å². The number of hydrogen-bond donors (Lipinski definition) is 0. The lowest BCUT2D eigenvalue weighted by Crippen LogP contribution is -2.47. The van der Waals surface area contributed by atoms with Crippen LogP contribution >= 0.6 is 11.8 Å². The van der Waals surface area contributed by atoms with Crippen LogP contribution in [0.3, 0.4) is 0 Å². The van der Waals surface area contributed by atoms with Crippen LogP contribution < -0.4 is 9.80 Å². The third-order valence-corrected chi connectivity index (χ3v) is 5.64. The predicted molar refractivity (Wildman–Crippen MR) is 110 cm³/mol. The summed E-state index contributed by atoms with van der Waals surface area (Å²) in [6.45, 7) is 11.9. The van der Waals surface area contributed by atoms with Gasteiger partial charge >= 0.3 is 0 Å². The summed E-state index contributed by atoms with van der Waals surface area (Å²) in [5.74, 6) is 2.18. The lowest BCUT2D eigenvalue weighted by atomic mass is 10.2. The zero-order valence-corrected chi connectivity index (χ0v) is 17.3. The molecule has 7 nitrogen and oxygen atoms in total. The average molecular weight is 384 g/mol. The Morgan fingerprint density at radius 3 is 2.26 bits per heavy atom. The number of hydrogen-bond acceptors (Lipinski definition) is 7. The van der Waals surface area contributed by atoms with E-state index in [1.54, 1.807) is 11.8 Å². The number of anilines is 2. The van der Waals surface area contributed by atoms with Crippen molar-refractivity contribution in [2.24, 2.45) is 0 Å². The van der Waals surface area contributed by atoms with E-state index in [4.69, 9.17) is 4.98 Å². The molecule has 1 aliphatic rings. The smallest absolute Gasteiger partial charge is 0.189 e. The molecule has 1 aliphatic heterocycles. The Morgan fingerprint density at radius 1 is 0.852 bits per heavy atom. The van der Waals surface area contributed by atoms with Crippen molar-refractivity contribution in [3.05, 3.63) is 34.8 Å². The second kappa shape index (κ2) is 6.99. The first-order valence-electron chi connectivity index (χ1n) is 9.19. The molecular weight excluding hydrogens is 358 g/mol. The Balaban J connectivity index is 1.59. The molecule has 0 saturated carbocycles. The predicted octanol–water partition coefficient (Wildman–Crippen LogP) is 2.80. The molecule has 8 heteroatoms. The molecule has 0 N–H and O–H groups in total. The van der Waals surface area contributed by atoms with Gasteiger partial charge in [0, 0.05) is 55.3 Å². The van der Waals surface area contributed by atoms with Crippen molar-refractivity contribution in [3.8, 4) is 0 Å². The number of aryl methyl sites for hydroxylation is 3. The maximum absolute atomic E-state index is 4.77. The molecule has 1 saturated heterocycles. The molecule has 4 heterocycles. The summed E-state index contributed by atoms with van der Waals surface area (Å²) >= 11 is 1.59. The van der Waals surface area contributed by atoms with Gasteiger partial charge in [0.25, 0.3) is 0 Å². The summed E-state index contributed by atoms with van der Waals surface area (Å²) in [5.41, 5.74) is 5.16. The molecule has 0 bridgehead atoms. The molecule has 1 fully saturated rings. The average Bonchev–Trinajstić information content (AvgIpc) is 3.03. The van der Waals surface area contributed by atoms with E-state index in [2.05, 4.69) is 44.8 Å². The minimum atomic E-state index is 0.842. The summed E-state index contributed by atoms with van der Waals surface area (Å²) in [7, 11) is 0. The molecule has 3 aromatic rings. The van der Waals surface area contributed by atoms with Crippen molar-refractivity contribution in [2.75, 3.05) is 42.2 Å². The normalized spacial score (nSPS) is 15.0. The summed E-state index contributed by atoms with van der Waals surface area (Å²) in [5, 5.41) is 5.47. The van der Waals surface area contributed by atoms with Gasteiger partial charge in [-0.3, -0.25) is 0 Å². The molecule has 27 heavy (non-hydrogen) atoms. The molecule has 0 spiro atoms. The largest absolute Gasteiger partial charge is 0.353 e. The first-order chi connectivity index (χ1) is 13.0. The van der Waals surface area contributed by atoms with Gasteiger partial charge in [0.1, 0.15) is 11.6 Å². The molecule has 3 aromatic heterocycles. The molecule has 0 radical (unpaired) electrons. The van der Waals surface area contributed by atoms with Crippen molar-refractivity contribution < 1.29 is 0 Å². The summed E-state index contributed by atoms with van der Waals surface area (Å²) < 4.78 is 1.96. The molecule has 4 rings (SSSR count). The topological polar surface area (TPSA) is 62.5 Å². The second-order valence-corrected chi connectivity index (χ2v) is 7.80. The summed E-state index contributed by atoms with van der Waals surface area (Å²) in [4.78, 5) is 18.7. The van der Waals surface area contributed by atoms with Crippen LogP contribution in [0.2, 0.25) is 0 Å². The Labute approximate surface area is 163 Å². The highest BCUT2D eigenvalue weighted by atomic mass is 32.2. The lowest BCUT2D eigenvalue weighted by Gasteiger charge is -2.37. The zero-order chi connectivity index (χ0) is 19.1. The van der Waals surface area contributed by atoms with Crippen LogP contribution in [-0.4, -0.2) is 57.0 Å². The molecule has 0 aromatic carbocycles. The molecule has 0 unspecified atom stereocenters. The van der Waals surface area contributed by atoms with Crippen LogP contribution in [0.5, 0.6) is 0 Å². The van der Waals surface area contributed by atoms with E-state index in [0.717, 1.165) is 65.7 Å². The molecule has 0 aliphatic carbocycles. The van der Waals surface area contributed by atoms with E-state index in [9.17, 15) is 0 Å². The van der Waals surface area contributed by atoms with E-state index >= 15 is 0 Å². The molecule has 0 atom stereocenters. The number of rotatable bonds is 3. The quantitative estimate of drug-likeness (QED) is 0.509. The van der Waals surface area contributed by atoms with E-state index < -0.39 is 0 Å². The molecular formula is C19H25N7S. The monoisotopic (exact) mass is 383 g/mol. The van der Waals surface area contributed by atoms with Gasteiger partial charge in [0.15, 0.2) is 10.8 Å². The fourth-order valence-electron chi connectivity index (χ4n) is 3.56. The van der Waals surface area contributed by atoms with Gasteiger partial charge < -0.3 is 9.80 Å². The summed E-state index contributed by atoms with van der Waals surface area (Å²) in [6.07, 6.45) is 2.02. The van der Waals surface area contributed by atoms with Gasteiger partial charge in [-0.05, 0) is 34.0 Å². The van der Waals surface area contributed by atoms with Gasteiger partial charge in [-0.1, -0.05) is 11.8 Å². The van der Waals surface area contributed by atoms with E-state index in [-0.39, 0.29) is 0 Å². The van der Waals surface area contributed by atoms with Crippen molar-refractivity contribution in [2.45, 2.75) is 32.9 Å². The van der Waals surface area contributed by atoms with Crippen LogP contribution in [0.1, 0.15) is 22.6 Å². The van der Waals surface area contributed by atoms with Crippen LogP contribution in [-0.2, 0) is 0 Å². The third kappa shape index (κ3) is 3.34. The van der Waals surface area contributed by atoms with Crippen LogP contribution in [0.25, 0.3) is 5.65 Å². The number of nitrogens with zero attached hydrogens (tertiary/aromatic N) is 7. The van der Waals surface area contributed by atoms with Crippen LogP contribution in [0.4, 0.5) is 11.6 Å². The van der Waals surface area contributed by atoms with Crippen LogP contribution in [0.15, 0.2) is 17.3 Å².